The molecule has 0 radical (unpaired) electrons. The van der Waals surface area contributed by atoms with E-state index in [4.69, 9.17) is 18.9 Å². The Balaban J connectivity index is 2.12. The standard InChI is InChI=1S/C18H18O7/c1-22-14-4-9(5-15(23-2)17(14)21)18-16(24-3)8-11-12(20)6-10(19)7-13(11)25-18/h4-8,18-21H,1-3H3. The second-order valence-electron chi connectivity index (χ2n) is 5.40. The SMILES string of the molecule is COC1=Cc2c(O)cc(O)cc2OC1c1cc(OC)c(O)c(OC)c1. The molecule has 2 aromatic carbocycles. The quantitative estimate of drug-likeness (QED) is 0.783. The van der Waals surface area contributed by atoms with Crippen LogP contribution in [0.2, 0.25) is 0 Å². The van der Waals surface area contributed by atoms with Gasteiger partial charge in [0.2, 0.25) is 5.75 Å². The summed E-state index contributed by atoms with van der Waals surface area (Å²) >= 11 is 0. The first-order valence-electron chi connectivity index (χ1n) is 7.41. The lowest BCUT2D eigenvalue weighted by Crippen LogP contribution is -2.16. The summed E-state index contributed by atoms with van der Waals surface area (Å²) in [6, 6.07) is 5.82. The molecule has 3 N–H and O–H groups in total. The van der Waals surface area contributed by atoms with Crippen LogP contribution in [0.4, 0.5) is 0 Å². The van der Waals surface area contributed by atoms with Gasteiger partial charge in [-0.1, -0.05) is 0 Å². The Morgan fingerprint density at radius 2 is 1.52 bits per heavy atom. The van der Waals surface area contributed by atoms with Gasteiger partial charge in [0.25, 0.3) is 0 Å². The zero-order valence-electron chi connectivity index (χ0n) is 13.9. The van der Waals surface area contributed by atoms with Crippen molar-refractivity contribution in [3.8, 4) is 34.5 Å². The van der Waals surface area contributed by atoms with Crippen molar-refractivity contribution >= 4 is 6.08 Å². The number of hydrogen-bond acceptors (Lipinski definition) is 7. The second-order valence-corrected chi connectivity index (χ2v) is 5.40. The third kappa shape index (κ3) is 2.84. The summed E-state index contributed by atoms with van der Waals surface area (Å²) in [5.74, 6) is 0.811. The fourth-order valence-electron chi connectivity index (χ4n) is 2.71. The van der Waals surface area contributed by atoms with E-state index in [1.807, 2.05) is 0 Å². The minimum Gasteiger partial charge on any atom is -0.508 e. The maximum absolute atomic E-state index is 10.1. The predicted molar refractivity (Wildman–Crippen MR) is 89.3 cm³/mol. The molecule has 1 aliphatic rings. The lowest BCUT2D eigenvalue weighted by Gasteiger charge is -2.27. The van der Waals surface area contributed by atoms with Gasteiger partial charge in [-0.05, 0) is 18.2 Å². The van der Waals surface area contributed by atoms with Crippen molar-refractivity contribution in [3.05, 3.63) is 41.2 Å². The first-order valence-corrected chi connectivity index (χ1v) is 7.41. The van der Waals surface area contributed by atoms with Crippen molar-refractivity contribution in [2.24, 2.45) is 0 Å². The number of hydrogen-bond donors (Lipinski definition) is 3. The summed E-state index contributed by atoms with van der Waals surface area (Å²) in [7, 11) is 4.34. The van der Waals surface area contributed by atoms with E-state index in [1.54, 1.807) is 18.2 Å². The number of ether oxygens (including phenoxy) is 4. The third-order valence-corrected chi connectivity index (χ3v) is 3.94. The molecule has 25 heavy (non-hydrogen) atoms. The monoisotopic (exact) mass is 346 g/mol. The van der Waals surface area contributed by atoms with Crippen LogP contribution in [-0.2, 0) is 4.74 Å². The Morgan fingerprint density at radius 3 is 2.08 bits per heavy atom. The van der Waals surface area contributed by atoms with Crippen molar-refractivity contribution in [1.82, 2.24) is 0 Å². The topological polar surface area (TPSA) is 97.6 Å². The Labute approximate surface area is 144 Å². The van der Waals surface area contributed by atoms with Crippen molar-refractivity contribution in [3.63, 3.8) is 0 Å². The molecular formula is C18H18O7. The lowest BCUT2D eigenvalue weighted by molar-refractivity contribution is 0.144. The molecule has 1 heterocycles. The number of benzene rings is 2. The Hall–Kier alpha value is -3.22. The highest BCUT2D eigenvalue weighted by molar-refractivity contribution is 5.70. The number of methoxy groups -OCH3 is 3. The number of rotatable bonds is 4. The summed E-state index contributed by atoms with van der Waals surface area (Å²) in [5, 5.41) is 29.7. The molecule has 0 bridgehead atoms. The van der Waals surface area contributed by atoms with Gasteiger partial charge >= 0.3 is 0 Å². The van der Waals surface area contributed by atoms with Gasteiger partial charge in [0.1, 0.15) is 23.0 Å². The van der Waals surface area contributed by atoms with Gasteiger partial charge in [-0.15, -0.1) is 0 Å². The van der Waals surface area contributed by atoms with Crippen LogP contribution in [-0.4, -0.2) is 36.6 Å². The van der Waals surface area contributed by atoms with E-state index in [0.29, 0.717) is 22.6 Å². The number of phenols is 3. The molecule has 0 amide bonds. The summed E-state index contributed by atoms with van der Waals surface area (Å²) in [6.07, 6.45) is 0.950. The molecule has 1 atom stereocenters. The van der Waals surface area contributed by atoms with Crippen molar-refractivity contribution in [1.29, 1.82) is 0 Å². The molecule has 0 aromatic heterocycles. The van der Waals surface area contributed by atoms with Gasteiger partial charge in [0.15, 0.2) is 17.6 Å². The Kier molecular flexibility index (Phi) is 4.22. The molecule has 3 rings (SSSR count). The van der Waals surface area contributed by atoms with E-state index in [2.05, 4.69) is 0 Å². The molecule has 1 unspecified atom stereocenters. The lowest BCUT2D eigenvalue weighted by atomic mass is 10.0. The molecule has 2 aromatic rings. The van der Waals surface area contributed by atoms with Crippen LogP contribution >= 0.6 is 0 Å². The average molecular weight is 346 g/mol. The van der Waals surface area contributed by atoms with Crippen LogP contribution in [0.5, 0.6) is 34.5 Å². The predicted octanol–water partition coefficient (Wildman–Crippen LogP) is 2.94. The van der Waals surface area contributed by atoms with Crippen LogP contribution in [0.3, 0.4) is 0 Å². The van der Waals surface area contributed by atoms with Gasteiger partial charge in [0.05, 0.1) is 26.9 Å². The van der Waals surface area contributed by atoms with E-state index in [0.717, 1.165) is 0 Å². The first kappa shape index (κ1) is 16.6. The largest absolute Gasteiger partial charge is 0.508 e. The van der Waals surface area contributed by atoms with Gasteiger partial charge in [-0.25, -0.2) is 0 Å². The smallest absolute Gasteiger partial charge is 0.200 e. The zero-order valence-corrected chi connectivity index (χ0v) is 13.9. The fourth-order valence-corrected chi connectivity index (χ4v) is 2.71. The van der Waals surface area contributed by atoms with E-state index in [1.165, 1.54) is 33.5 Å². The molecule has 0 saturated carbocycles. The van der Waals surface area contributed by atoms with Gasteiger partial charge in [-0.3, -0.25) is 0 Å². The zero-order chi connectivity index (χ0) is 18.1. The molecule has 1 aliphatic heterocycles. The number of fused-ring (bicyclic) bond motifs is 1. The summed E-state index contributed by atoms with van der Waals surface area (Å²) in [5.41, 5.74) is 1.01. The molecule has 0 saturated heterocycles. The maximum atomic E-state index is 10.1. The molecule has 0 fully saturated rings. The Morgan fingerprint density at radius 1 is 0.880 bits per heavy atom. The normalized spacial score (nSPS) is 15.6. The molecule has 7 heteroatoms. The van der Waals surface area contributed by atoms with Crippen LogP contribution in [0.1, 0.15) is 17.2 Å². The van der Waals surface area contributed by atoms with Crippen molar-refractivity contribution < 1.29 is 34.3 Å². The van der Waals surface area contributed by atoms with Crippen LogP contribution < -0.4 is 14.2 Å². The minimum atomic E-state index is -0.679. The van der Waals surface area contributed by atoms with E-state index >= 15 is 0 Å². The molecule has 132 valence electrons. The highest BCUT2D eigenvalue weighted by Crippen LogP contribution is 2.46. The molecular weight excluding hydrogens is 328 g/mol. The van der Waals surface area contributed by atoms with E-state index < -0.39 is 6.10 Å². The summed E-state index contributed by atoms with van der Waals surface area (Å²) in [4.78, 5) is 0. The molecule has 7 nitrogen and oxygen atoms in total. The van der Waals surface area contributed by atoms with Gasteiger partial charge in [-0.2, -0.15) is 0 Å². The molecule has 0 aliphatic carbocycles. The fraction of sp³-hybridized carbons (Fsp3) is 0.222. The second kappa shape index (κ2) is 6.35. The van der Waals surface area contributed by atoms with Crippen LogP contribution in [0.25, 0.3) is 6.08 Å². The van der Waals surface area contributed by atoms with Crippen LogP contribution in [0.15, 0.2) is 30.0 Å². The van der Waals surface area contributed by atoms with Crippen LogP contribution in [0, 0.1) is 0 Å². The van der Waals surface area contributed by atoms with Gasteiger partial charge in [0, 0.05) is 17.7 Å². The first-order chi connectivity index (χ1) is 12.0. The summed E-state index contributed by atoms with van der Waals surface area (Å²) < 4.78 is 21.7. The van der Waals surface area contributed by atoms with Crippen molar-refractivity contribution in [2.45, 2.75) is 6.10 Å². The minimum absolute atomic E-state index is 0.120. The van der Waals surface area contributed by atoms with E-state index in [9.17, 15) is 15.3 Å². The van der Waals surface area contributed by atoms with E-state index in [-0.39, 0.29) is 28.7 Å². The third-order valence-electron chi connectivity index (χ3n) is 3.94. The molecule has 0 spiro atoms. The highest BCUT2D eigenvalue weighted by atomic mass is 16.5. The maximum Gasteiger partial charge on any atom is 0.200 e. The van der Waals surface area contributed by atoms with Crippen molar-refractivity contribution in [2.75, 3.05) is 21.3 Å². The average Bonchev–Trinajstić information content (AvgIpc) is 2.60. The Bertz CT molecular complexity index is 817. The summed E-state index contributed by atoms with van der Waals surface area (Å²) in [6.45, 7) is 0. The number of phenolic OH excluding ortho intramolecular Hbond substituents is 3. The van der Waals surface area contributed by atoms with Gasteiger partial charge < -0.3 is 34.3 Å². The highest BCUT2D eigenvalue weighted by Gasteiger charge is 2.29. The number of aromatic hydroxyl groups is 3.